The lowest BCUT2D eigenvalue weighted by molar-refractivity contribution is 0.0574. The number of hydrogen-bond acceptors (Lipinski definition) is 4. The fraction of sp³-hybridized carbons (Fsp3) is 0.407. The lowest BCUT2D eigenvalue weighted by Crippen LogP contribution is -2.51. The Bertz CT molecular complexity index is 1080. The molecule has 2 aromatic carbocycles. The fourth-order valence-electron chi connectivity index (χ4n) is 5.14. The molecule has 1 amide bonds. The van der Waals surface area contributed by atoms with Crippen LogP contribution in [0.25, 0.3) is 11.3 Å². The first-order chi connectivity index (χ1) is 16.2. The summed E-state index contributed by atoms with van der Waals surface area (Å²) in [4.78, 5) is 18.2. The topological polar surface area (TPSA) is 50.6 Å². The standard InChI is InChI=1S/C27H32N4O2/c1-33-24-13-7-10-22(18-24)26-25(20-31(28-26)19-21-8-3-2-4-9-21)27(32)30-16-14-29(15-17-30)23-11-5-6-12-23/h2-4,7-10,13,18,20,23H,5-6,11-12,14-17,19H2,1H3. The number of piperazine rings is 1. The molecular formula is C27H32N4O2. The zero-order valence-corrected chi connectivity index (χ0v) is 19.3. The highest BCUT2D eigenvalue weighted by Crippen LogP contribution is 2.28. The lowest BCUT2D eigenvalue weighted by Gasteiger charge is -2.38. The predicted octanol–water partition coefficient (Wildman–Crippen LogP) is 4.31. The van der Waals surface area contributed by atoms with Crippen LogP contribution in [0, 0.1) is 0 Å². The highest BCUT2D eigenvalue weighted by atomic mass is 16.5. The molecule has 2 fully saturated rings. The Hall–Kier alpha value is -3.12. The van der Waals surface area contributed by atoms with E-state index in [0.717, 1.165) is 43.1 Å². The third-order valence-electron chi connectivity index (χ3n) is 6.97. The average molecular weight is 445 g/mol. The van der Waals surface area contributed by atoms with Gasteiger partial charge in [0.2, 0.25) is 0 Å². The molecule has 0 radical (unpaired) electrons. The molecule has 0 N–H and O–H groups in total. The number of aromatic nitrogens is 2. The maximum Gasteiger partial charge on any atom is 0.257 e. The van der Waals surface area contributed by atoms with Crippen molar-refractivity contribution in [2.45, 2.75) is 38.3 Å². The number of rotatable bonds is 6. The van der Waals surface area contributed by atoms with Crippen LogP contribution in [0.1, 0.15) is 41.6 Å². The molecular weight excluding hydrogens is 412 g/mol. The van der Waals surface area contributed by atoms with Gasteiger partial charge in [-0.25, -0.2) is 0 Å². The second-order valence-electron chi connectivity index (χ2n) is 9.07. The second-order valence-corrected chi connectivity index (χ2v) is 9.07. The molecule has 1 saturated heterocycles. The van der Waals surface area contributed by atoms with Crippen LogP contribution in [-0.2, 0) is 6.54 Å². The number of amides is 1. The van der Waals surface area contributed by atoms with Gasteiger partial charge in [-0.15, -0.1) is 0 Å². The van der Waals surface area contributed by atoms with E-state index in [1.165, 1.54) is 25.7 Å². The first kappa shape index (κ1) is 21.7. The number of carbonyl (C=O) groups excluding carboxylic acids is 1. The molecule has 0 spiro atoms. The average Bonchev–Trinajstić information content (AvgIpc) is 3.55. The third-order valence-corrected chi connectivity index (χ3v) is 6.97. The summed E-state index contributed by atoms with van der Waals surface area (Å²) in [7, 11) is 1.66. The van der Waals surface area contributed by atoms with Gasteiger partial charge < -0.3 is 9.64 Å². The van der Waals surface area contributed by atoms with E-state index in [0.29, 0.717) is 23.8 Å². The minimum atomic E-state index is 0.0678. The Balaban J connectivity index is 1.40. The minimum Gasteiger partial charge on any atom is -0.497 e. The molecule has 6 heteroatoms. The Labute approximate surface area is 195 Å². The van der Waals surface area contributed by atoms with Gasteiger partial charge in [0, 0.05) is 44.0 Å². The Morgan fingerprint density at radius 1 is 1.00 bits per heavy atom. The maximum atomic E-state index is 13.7. The first-order valence-electron chi connectivity index (χ1n) is 12.0. The van der Waals surface area contributed by atoms with E-state index in [9.17, 15) is 4.79 Å². The highest BCUT2D eigenvalue weighted by Gasteiger charge is 2.30. The van der Waals surface area contributed by atoms with Crippen LogP contribution in [0.3, 0.4) is 0 Å². The van der Waals surface area contributed by atoms with Crippen molar-refractivity contribution in [3.05, 3.63) is 71.9 Å². The summed E-state index contributed by atoms with van der Waals surface area (Å²) < 4.78 is 7.30. The van der Waals surface area contributed by atoms with Gasteiger partial charge in [-0.3, -0.25) is 14.4 Å². The monoisotopic (exact) mass is 444 g/mol. The number of nitrogens with zero attached hydrogens (tertiary/aromatic N) is 4. The quantitative estimate of drug-likeness (QED) is 0.569. The van der Waals surface area contributed by atoms with Crippen molar-refractivity contribution in [1.29, 1.82) is 0 Å². The van der Waals surface area contributed by atoms with Crippen LogP contribution < -0.4 is 4.74 Å². The van der Waals surface area contributed by atoms with E-state index in [1.54, 1.807) is 7.11 Å². The summed E-state index contributed by atoms with van der Waals surface area (Å²) in [5.41, 5.74) is 3.43. The summed E-state index contributed by atoms with van der Waals surface area (Å²) in [6.07, 6.45) is 7.20. The molecule has 1 aromatic heterocycles. The smallest absolute Gasteiger partial charge is 0.257 e. The molecule has 1 saturated carbocycles. The van der Waals surface area contributed by atoms with Crippen LogP contribution in [0.15, 0.2) is 60.8 Å². The molecule has 1 aliphatic heterocycles. The summed E-state index contributed by atoms with van der Waals surface area (Å²) in [6.45, 7) is 4.10. The molecule has 0 unspecified atom stereocenters. The minimum absolute atomic E-state index is 0.0678. The molecule has 33 heavy (non-hydrogen) atoms. The number of methoxy groups -OCH3 is 1. The molecule has 2 aliphatic rings. The fourth-order valence-corrected chi connectivity index (χ4v) is 5.14. The lowest BCUT2D eigenvalue weighted by atomic mass is 10.1. The van der Waals surface area contributed by atoms with Gasteiger partial charge >= 0.3 is 0 Å². The van der Waals surface area contributed by atoms with Gasteiger partial charge in [0.25, 0.3) is 5.91 Å². The van der Waals surface area contributed by atoms with E-state index in [-0.39, 0.29) is 5.91 Å². The van der Waals surface area contributed by atoms with Crippen molar-refractivity contribution >= 4 is 5.91 Å². The summed E-state index contributed by atoms with van der Waals surface area (Å²) in [5.74, 6) is 0.826. The summed E-state index contributed by atoms with van der Waals surface area (Å²) in [6, 6.07) is 18.7. The van der Waals surface area contributed by atoms with Gasteiger partial charge in [-0.2, -0.15) is 5.10 Å². The van der Waals surface area contributed by atoms with Crippen molar-refractivity contribution in [1.82, 2.24) is 19.6 Å². The molecule has 2 heterocycles. The normalized spacial score (nSPS) is 17.4. The molecule has 172 valence electrons. The van der Waals surface area contributed by atoms with Crippen LogP contribution in [-0.4, -0.2) is 64.8 Å². The zero-order valence-electron chi connectivity index (χ0n) is 19.3. The Kier molecular flexibility index (Phi) is 6.44. The molecule has 0 bridgehead atoms. The largest absolute Gasteiger partial charge is 0.497 e. The van der Waals surface area contributed by atoms with Crippen molar-refractivity contribution in [2.75, 3.05) is 33.3 Å². The number of ether oxygens (including phenoxy) is 1. The van der Waals surface area contributed by atoms with E-state index >= 15 is 0 Å². The SMILES string of the molecule is COc1cccc(-c2nn(Cc3ccccc3)cc2C(=O)N2CCN(C3CCCC3)CC2)c1. The third kappa shape index (κ3) is 4.81. The second kappa shape index (κ2) is 9.79. The molecule has 0 atom stereocenters. The predicted molar refractivity (Wildman–Crippen MR) is 129 cm³/mol. The van der Waals surface area contributed by atoms with E-state index in [4.69, 9.17) is 9.84 Å². The van der Waals surface area contributed by atoms with Crippen LogP contribution in [0.5, 0.6) is 5.75 Å². The van der Waals surface area contributed by atoms with Gasteiger partial charge in [0.15, 0.2) is 0 Å². The van der Waals surface area contributed by atoms with E-state index in [2.05, 4.69) is 17.0 Å². The van der Waals surface area contributed by atoms with Gasteiger partial charge in [-0.1, -0.05) is 55.3 Å². The van der Waals surface area contributed by atoms with Crippen molar-refractivity contribution in [3.8, 4) is 17.0 Å². The summed E-state index contributed by atoms with van der Waals surface area (Å²) >= 11 is 0. The van der Waals surface area contributed by atoms with Crippen molar-refractivity contribution in [3.63, 3.8) is 0 Å². The van der Waals surface area contributed by atoms with Gasteiger partial charge in [0.1, 0.15) is 11.4 Å². The van der Waals surface area contributed by atoms with Gasteiger partial charge in [-0.05, 0) is 30.5 Å². The first-order valence-corrected chi connectivity index (χ1v) is 12.0. The molecule has 5 rings (SSSR count). The Morgan fingerprint density at radius 2 is 1.76 bits per heavy atom. The van der Waals surface area contributed by atoms with E-state index < -0.39 is 0 Å². The highest BCUT2D eigenvalue weighted by molar-refractivity contribution is 6.00. The van der Waals surface area contributed by atoms with E-state index in [1.807, 2.05) is 58.2 Å². The van der Waals surface area contributed by atoms with Gasteiger partial charge in [0.05, 0.1) is 19.2 Å². The molecule has 3 aromatic rings. The van der Waals surface area contributed by atoms with Crippen molar-refractivity contribution in [2.24, 2.45) is 0 Å². The Morgan fingerprint density at radius 3 is 2.48 bits per heavy atom. The zero-order chi connectivity index (χ0) is 22.6. The number of hydrogen-bond donors (Lipinski definition) is 0. The number of carbonyl (C=O) groups is 1. The van der Waals surface area contributed by atoms with Crippen LogP contribution >= 0.6 is 0 Å². The summed E-state index contributed by atoms with van der Waals surface area (Å²) in [5, 5.41) is 4.85. The number of benzene rings is 2. The molecule has 1 aliphatic carbocycles. The van der Waals surface area contributed by atoms with Crippen LogP contribution in [0.4, 0.5) is 0 Å². The van der Waals surface area contributed by atoms with Crippen molar-refractivity contribution < 1.29 is 9.53 Å². The van der Waals surface area contributed by atoms with Crippen LogP contribution in [0.2, 0.25) is 0 Å². The maximum absolute atomic E-state index is 13.7. The molecule has 6 nitrogen and oxygen atoms in total.